The summed E-state index contributed by atoms with van der Waals surface area (Å²) < 4.78 is 34.1. The van der Waals surface area contributed by atoms with Crippen molar-refractivity contribution in [1.29, 1.82) is 0 Å². The summed E-state index contributed by atoms with van der Waals surface area (Å²) in [5.41, 5.74) is 0.472. The summed E-state index contributed by atoms with van der Waals surface area (Å²) in [5.74, 6) is -1.16. The molecule has 12 heteroatoms. The highest BCUT2D eigenvalue weighted by molar-refractivity contribution is 7.89. The average molecular weight is 554 g/mol. The lowest BCUT2D eigenvalue weighted by molar-refractivity contribution is 0.0388. The highest BCUT2D eigenvalue weighted by Crippen LogP contribution is 2.35. The summed E-state index contributed by atoms with van der Waals surface area (Å²) in [7, 11) is -2.35. The number of amides is 2. The zero-order valence-electron chi connectivity index (χ0n) is 21.9. The normalized spacial score (nSPS) is 18.5. The van der Waals surface area contributed by atoms with Crippen molar-refractivity contribution in [2.24, 2.45) is 5.92 Å². The number of benzene rings is 2. The van der Waals surface area contributed by atoms with Crippen molar-refractivity contribution in [3.05, 3.63) is 78.4 Å². The van der Waals surface area contributed by atoms with Gasteiger partial charge in [-0.3, -0.25) is 14.6 Å². The molecule has 0 fully saturated rings. The maximum atomic E-state index is 13.6. The van der Waals surface area contributed by atoms with E-state index in [2.05, 4.69) is 15.3 Å². The largest absolute Gasteiger partial charge is 0.486 e. The van der Waals surface area contributed by atoms with E-state index in [0.29, 0.717) is 0 Å². The molecule has 1 aliphatic heterocycles. The number of hydrogen-bond donors (Lipinski definition) is 2. The number of fused-ring (bicyclic) bond motifs is 1. The first-order valence-electron chi connectivity index (χ1n) is 12.4. The zero-order chi connectivity index (χ0) is 28.2. The van der Waals surface area contributed by atoms with E-state index in [4.69, 9.17) is 4.74 Å². The molecule has 1 aliphatic rings. The number of aliphatic hydroxyl groups excluding tert-OH is 1. The smallest absolute Gasteiger partial charge is 0.275 e. The first kappa shape index (κ1) is 28.1. The van der Waals surface area contributed by atoms with Gasteiger partial charge in [0.05, 0.1) is 41.5 Å². The van der Waals surface area contributed by atoms with Crippen molar-refractivity contribution >= 4 is 27.5 Å². The third-order valence-corrected chi connectivity index (χ3v) is 8.46. The molecule has 2 heterocycles. The number of likely N-dealkylation sites (N-methyl/N-ethyl adjacent to an activating group) is 1. The summed E-state index contributed by atoms with van der Waals surface area (Å²) in [4.78, 5) is 36.1. The molecule has 3 aromatic rings. The number of sulfonamides is 1. The van der Waals surface area contributed by atoms with Gasteiger partial charge in [0.2, 0.25) is 10.0 Å². The monoisotopic (exact) mass is 553 g/mol. The quantitative estimate of drug-likeness (QED) is 0.433. The van der Waals surface area contributed by atoms with Gasteiger partial charge in [0, 0.05) is 31.9 Å². The van der Waals surface area contributed by atoms with Crippen LogP contribution in [0.1, 0.15) is 34.7 Å². The third kappa shape index (κ3) is 6.08. The second kappa shape index (κ2) is 11.9. The minimum absolute atomic E-state index is 0.0280. The van der Waals surface area contributed by atoms with Gasteiger partial charge in [0.15, 0.2) is 5.75 Å². The summed E-state index contributed by atoms with van der Waals surface area (Å²) in [6.45, 7) is 3.52. The Morgan fingerprint density at radius 2 is 1.95 bits per heavy atom. The number of nitrogens with one attached hydrogen (secondary N) is 1. The van der Waals surface area contributed by atoms with Gasteiger partial charge < -0.3 is 20.1 Å². The number of ether oxygens (including phenoxy) is 1. The van der Waals surface area contributed by atoms with Gasteiger partial charge in [-0.1, -0.05) is 31.2 Å². The molecule has 0 aliphatic carbocycles. The van der Waals surface area contributed by atoms with Crippen molar-refractivity contribution in [2.75, 3.05) is 32.1 Å². The van der Waals surface area contributed by atoms with E-state index < -0.39 is 28.1 Å². The van der Waals surface area contributed by atoms with Gasteiger partial charge in [-0.2, -0.15) is 4.31 Å². The van der Waals surface area contributed by atoms with E-state index >= 15 is 0 Å². The fraction of sp³-hybridized carbons (Fsp3) is 0.333. The van der Waals surface area contributed by atoms with Crippen LogP contribution in [0.4, 0.5) is 5.69 Å². The first-order valence-corrected chi connectivity index (χ1v) is 13.9. The molecule has 3 atom stereocenters. The predicted octanol–water partition coefficient (Wildman–Crippen LogP) is 2.27. The molecular formula is C27H31N5O6S. The van der Waals surface area contributed by atoms with Gasteiger partial charge in [0.25, 0.3) is 11.8 Å². The van der Waals surface area contributed by atoms with E-state index in [1.165, 1.54) is 42.1 Å². The third-order valence-electron chi connectivity index (χ3n) is 6.62. The van der Waals surface area contributed by atoms with Crippen LogP contribution in [-0.4, -0.2) is 83.4 Å². The molecule has 2 N–H and O–H groups in total. The molecule has 206 valence electrons. The molecule has 0 spiro atoms. The molecule has 0 saturated carbocycles. The summed E-state index contributed by atoms with van der Waals surface area (Å²) in [6.07, 6.45) is 3.44. The molecule has 0 bridgehead atoms. The van der Waals surface area contributed by atoms with E-state index in [-0.39, 0.29) is 59.1 Å². The Morgan fingerprint density at radius 1 is 1.21 bits per heavy atom. The lowest BCUT2D eigenvalue weighted by Gasteiger charge is -2.38. The maximum absolute atomic E-state index is 13.6. The van der Waals surface area contributed by atoms with E-state index in [1.807, 2.05) is 6.92 Å². The average Bonchev–Trinajstić information content (AvgIpc) is 2.95. The Balaban J connectivity index is 1.73. The Bertz CT molecular complexity index is 1420. The van der Waals surface area contributed by atoms with E-state index in [0.717, 1.165) is 0 Å². The molecule has 0 unspecified atom stereocenters. The summed E-state index contributed by atoms with van der Waals surface area (Å²) in [5, 5.41) is 12.6. The minimum Gasteiger partial charge on any atom is -0.486 e. The van der Waals surface area contributed by atoms with Crippen molar-refractivity contribution in [2.45, 2.75) is 30.9 Å². The number of carbonyl (C=O) groups excluding carboxylic acids is 2. The summed E-state index contributed by atoms with van der Waals surface area (Å²) in [6, 6.07) is 12.4. The SMILES string of the molecule is C[C@@H]1CN([C@H](C)CO)C(=O)c2cccc(NC(=O)c3cnccn3)c2O[C@@H]1CN(C)S(=O)(=O)c1ccccc1. The minimum atomic E-state index is -3.82. The molecule has 0 radical (unpaired) electrons. The molecule has 1 aromatic heterocycles. The number of rotatable bonds is 8. The van der Waals surface area contributed by atoms with Crippen LogP contribution in [0.2, 0.25) is 0 Å². The number of carbonyl (C=O) groups is 2. The van der Waals surface area contributed by atoms with Crippen LogP contribution in [0.25, 0.3) is 0 Å². The number of hydrogen-bond acceptors (Lipinski definition) is 8. The first-order chi connectivity index (χ1) is 18.6. The molecule has 39 heavy (non-hydrogen) atoms. The Kier molecular flexibility index (Phi) is 8.58. The number of anilines is 1. The Labute approximate surface area is 227 Å². The van der Waals surface area contributed by atoms with Crippen LogP contribution < -0.4 is 10.1 Å². The lowest BCUT2D eigenvalue weighted by Crippen LogP contribution is -2.50. The van der Waals surface area contributed by atoms with Gasteiger partial charge in [-0.05, 0) is 31.2 Å². The zero-order valence-corrected chi connectivity index (χ0v) is 22.7. The van der Waals surface area contributed by atoms with Gasteiger partial charge in [-0.15, -0.1) is 0 Å². The molecule has 4 rings (SSSR count). The topological polar surface area (TPSA) is 142 Å². The van der Waals surface area contributed by atoms with Crippen LogP contribution in [0, 0.1) is 5.92 Å². The van der Waals surface area contributed by atoms with Crippen molar-refractivity contribution in [3.8, 4) is 5.75 Å². The number of aromatic nitrogens is 2. The second-order valence-corrected chi connectivity index (χ2v) is 11.5. The van der Waals surface area contributed by atoms with Crippen LogP contribution in [-0.2, 0) is 10.0 Å². The number of aliphatic hydroxyl groups is 1. The molecular weight excluding hydrogens is 522 g/mol. The lowest BCUT2D eigenvalue weighted by atomic mass is 9.99. The second-order valence-electron chi connectivity index (χ2n) is 9.45. The predicted molar refractivity (Wildman–Crippen MR) is 144 cm³/mol. The maximum Gasteiger partial charge on any atom is 0.275 e. The Morgan fingerprint density at radius 3 is 2.62 bits per heavy atom. The van der Waals surface area contributed by atoms with Gasteiger partial charge in [-0.25, -0.2) is 13.4 Å². The highest BCUT2D eigenvalue weighted by atomic mass is 32.2. The number of nitrogens with zero attached hydrogens (tertiary/aromatic N) is 4. The Hall–Kier alpha value is -3.87. The summed E-state index contributed by atoms with van der Waals surface area (Å²) >= 11 is 0. The van der Waals surface area contributed by atoms with Gasteiger partial charge in [0.1, 0.15) is 11.8 Å². The molecule has 2 amide bonds. The number of para-hydroxylation sites is 1. The fourth-order valence-electron chi connectivity index (χ4n) is 4.29. The van der Waals surface area contributed by atoms with Crippen LogP contribution in [0.15, 0.2) is 72.0 Å². The highest BCUT2D eigenvalue weighted by Gasteiger charge is 2.36. The van der Waals surface area contributed by atoms with Crippen LogP contribution >= 0.6 is 0 Å². The van der Waals surface area contributed by atoms with Crippen molar-refractivity contribution in [1.82, 2.24) is 19.2 Å². The molecule has 11 nitrogen and oxygen atoms in total. The molecule has 0 saturated heterocycles. The van der Waals surface area contributed by atoms with Crippen molar-refractivity contribution in [3.63, 3.8) is 0 Å². The van der Waals surface area contributed by atoms with E-state index in [1.54, 1.807) is 48.2 Å². The van der Waals surface area contributed by atoms with E-state index in [9.17, 15) is 23.1 Å². The molecule has 2 aromatic carbocycles. The standard InChI is InChI=1S/C27H31N5O6S/c1-18-15-32(19(2)17-33)27(35)21-10-7-11-22(30-26(34)23-14-28-12-13-29-23)25(21)38-24(18)16-31(3)39(36,37)20-8-5-4-6-9-20/h4-14,18-19,24,33H,15-17H2,1-3H3,(H,30,34)/t18-,19-,24-/m1/s1. The van der Waals surface area contributed by atoms with Gasteiger partial charge >= 0.3 is 0 Å². The van der Waals surface area contributed by atoms with Crippen molar-refractivity contribution < 1.29 is 27.9 Å². The van der Waals surface area contributed by atoms with Crippen LogP contribution in [0.3, 0.4) is 0 Å². The van der Waals surface area contributed by atoms with Crippen LogP contribution in [0.5, 0.6) is 5.75 Å². The fourth-order valence-corrected chi connectivity index (χ4v) is 5.49.